The van der Waals surface area contributed by atoms with Crippen LogP contribution in [0.2, 0.25) is 0 Å². The second kappa shape index (κ2) is 14.7. The van der Waals surface area contributed by atoms with Gasteiger partial charge in [-0.1, -0.05) is 81.5 Å². The summed E-state index contributed by atoms with van der Waals surface area (Å²) >= 11 is 1.37. The highest BCUT2D eigenvalue weighted by Crippen LogP contribution is 2.49. The van der Waals surface area contributed by atoms with Gasteiger partial charge in [-0.15, -0.1) is 11.3 Å². The van der Waals surface area contributed by atoms with Crippen LogP contribution in [0.4, 0.5) is 13.9 Å². The fraction of sp³-hybridized carbons (Fsp3) is 0.450. The van der Waals surface area contributed by atoms with Gasteiger partial charge in [0.25, 0.3) is 5.91 Å². The summed E-state index contributed by atoms with van der Waals surface area (Å²) in [4.78, 5) is 50.5. The summed E-state index contributed by atoms with van der Waals surface area (Å²) in [6, 6.07) is 14.7. The summed E-state index contributed by atoms with van der Waals surface area (Å²) in [7, 11) is -4.11. The number of aryl methyl sites for hydroxylation is 1. The van der Waals surface area contributed by atoms with Crippen LogP contribution >= 0.6 is 11.3 Å². The molecule has 300 valence electrons. The van der Waals surface area contributed by atoms with Gasteiger partial charge in [-0.3, -0.25) is 19.1 Å². The number of carbonyl (C=O) groups excluding carboxylic acids is 3. The molecule has 4 aromatic rings. The van der Waals surface area contributed by atoms with Crippen molar-refractivity contribution in [3.05, 3.63) is 77.3 Å². The lowest BCUT2D eigenvalue weighted by molar-refractivity contribution is -0.141. The van der Waals surface area contributed by atoms with Crippen molar-refractivity contribution in [2.45, 2.75) is 94.6 Å². The molecule has 1 saturated heterocycles. The van der Waals surface area contributed by atoms with Crippen molar-refractivity contribution < 1.29 is 31.6 Å². The van der Waals surface area contributed by atoms with E-state index in [0.717, 1.165) is 28.8 Å². The van der Waals surface area contributed by atoms with Crippen LogP contribution in [0.15, 0.2) is 66.1 Å². The molecule has 57 heavy (non-hydrogen) atoms. The third kappa shape index (κ3) is 7.83. The predicted molar refractivity (Wildman–Crippen MR) is 211 cm³/mol. The average molecular weight is 819 g/mol. The number of halogens is 2. The van der Waals surface area contributed by atoms with Gasteiger partial charge in [0.2, 0.25) is 28.3 Å². The SMILES string of the molecule is CC(C)(C)[C@@H]1Nc2nc(cs2)CC/C=C/c2cccc(c2)-c2nn(nc2-c2ccccc2)[C@@H]2C[C@@H](C(=O)N[C@]3(C(=O)NS(=O)(=O)C4CC4)C[C@H]3C(F)F)N(C2)C1=O. The zero-order valence-electron chi connectivity index (χ0n) is 31.7. The normalized spacial score (nSPS) is 25.5. The Morgan fingerprint density at radius 3 is 2.44 bits per heavy atom. The minimum Gasteiger partial charge on any atom is -0.349 e. The van der Waals surface area contributed by atoms with E-state index in [1.54, 1.807) is 0 Å². The van der Waals surface area contributed by atoms with E-state index in [9.17, 15) is 31.6 Å². The van der Waals surface area contributed by atoms with Crippen molar-refractivity contribution in [1.29, 1.82) is 0 Å². The van der Waals surface area contributed by atoms with E-state index in [4.69, 9.17) is 15.2 Å². The Labute approximate surface area is 333 Å². The number of alkyl halides is 2. The smallest absolute Gasteiger partial charge is 0.259 e. The zero-order chi connectivity index (χ0) is 40.3. The number of sulfonamides is 1. The highest BCUT2D eigenvalue weighted by atomic mass is 32.2. The minimum atomic E-state index is -4.11. The number of benzene rings is 2. The van der Waals surface area contributed by atoms with Crippen LogP contribution in [0.5, 0.6) is 0 Å². The lowest BCUT2D eigenvalue weighted by Crippen LogP contribution is -2.59. The topological polar surface area (TPSA) is 168 Å². The van der Waals surface area contributed by atoms with Gasteiger partial charge in [-0.25, -0.2) is 22.2 Å². The summed E-state index contributed by atoms with van der Waals surface area (Å²) in [5.74, 6) is -4.11. The molecule has 17 heteroatoms. The zero-order valence-corrected chi connectivity index (χ0v) is 33.3. The number of fused-ring (bicyclic) bond motifs is 10. The van der Waals surface area contributed by atoms with Gasteiger partial charge >= 0.3 is 0 Å². The Bertz CT molecular complexity index is 2340. The molecule has 3 amide bonds. The average Bonchev–Trinajstić information content (AvgIpc) is 3.99. The van der Waals surface area contributed by atoms with Crippen LogP contribution < -0.4 is 15.4 Å². The first-order valence-electron chi connectivity index (χ1n) is 19.1. The molecule has 3 N–H and O–H groups in total. The Morgan fingerprint density at radius 1 is 1.04 bits per heavy atom. The van der Waals surface area contributed by atoms with Crippen LogP contribution in [0.1, 0.15) is 70.2 Å². The maximum atomic E-state index is 14.9. The monoisotopic (exact) mass is 818 g/mol. The molecule has 8 rings (SSSR count). The van der Waals surface area contributed by atoms with Crippen molar-refractivity contribution in [2.75, 3.05) is 11.9 Å². The molecule has 0 radical (unpaired) electrons. The maximum Gasteiger partial charge on any atom is 0.259 e. The van der Waals surface area contributed by atoms with Gasteiger partial charge < -0.3 is 15.5 Å². The molecule has 2 aromatic heterocycles. The number of nitrogens with one attached hydrogen (secondary N) is 3. The Kier molecular flexibility index (Phi) is 10.0. The van der Waals surface area contributed by atoms with Crippen molar-refractivity contribution in [3.8, 4) is 22.5 Å². The molecule has 0 unspecified atom stereocenters. The van der Waals surface area contributed by atoms with Crippen LogP contribution in [-0.4, -0.2) is 86.9 Å². The molecule has 2 aliphatic heterocycles. The van der Waals surface area contributed by atoms with Crippen molar-refractivity contribution in [1.82, 2.24) is 34.9 Å². The number of nitrogens with zero attached hydrogens (tertiary/aromatic N) is 5. The summed E-state index contributed by atoms with van der Waals surface area (Å²) in [6.07, 6.45) is 2.76. The standard InChI is InChI=1S/C40H44F2N8O5S2/c1-39(2,3)33-36(52)49-21-27(19-30(49)35(51)45-40(20-29(40)34(41)42)37(53)48-57(54,55)28-16-17-28)50-46-31(24-12-5-4-6-13-24)32(47-50)25-14-9-11-23(18-25)10-7-8-15-26-22-56-38(43-26)44-33/h4-7,9-14,18,22,27-30,33-34H,8,15-17,19-21H2,1-3H3,(H,43,44)(H,45,51)(H,48,53)/b10-7+/t27-,29+,30+,33-,40-/m1/s1. The number of rotatable bonds is 7. The summed E-state index contributed by atoms with van der Waals surface area (Å²) < 4.78 is 55.9. The first-order chi connectivity index (χ1) is 27.1. The lowest BCUT2D eigenvalue weighted by atomic mass is 9.85. The molecule has 2 saturated carbocycles. The van der Waals surface area contributed by atoms with E-state index in [1.165, 1.54) is 21.0 Å². The van der Waals surface area contributed by atoms with Gasteiger partial charge in [-0.2, -0.15) is 15.0 Å². The fourth-order valence-corrected chi connectivity index (χ4v) is 9.79. The van der Waals surface area contributed by atoms with Gasteiger partial charge in [-0.05, 0) is 49.1 Å². The van der Waals surface area contributed by atoms with Gasteiger partial charge in [0.1, 0.15) is 29.0 Å². The van der Waals surface area contributed by atoms with Crippen LogP contribution in [0.25, 0.3) is 28.6 Å². The molecule has 5 atom stereocenters. The number of allylic oxidation sites excluding steroid dienone is 1. The molecule has 8 bridgehead atoms. The van der Waals surface area contributed by atoms with Crippen LogP contribution in [0, 0.1) is 11.3 Å². The van der Waals surface area contributed by atoms with Gasteiger partial charge in [0.05, 0.1) is 22.9 Å². The number of carbonyl (C=O) groups is 3. The largest absolute Gasteiger partial charge is 0.349 e. The Balaban J connectivity index is 1.20. The second-order valence-corrected chi connectivity index (χ2v) is 19.2. The maximum absolute atomic E-state index is 14.9. The van der Waals surface area contributed by atoms with E-state index in [1.807, 2.05) is 85.5 Å². The Hall–Kier alpha value is -5.03. The molecular formula is C40H44F2N8O5S2. The molecule has 4 aliphatic rings. The highest BCUT2D eigenvalue weighted by molar-refractivity contribution is 7.91. The number of hydrogen-bond acceptors (Lipinski definition) is 10. The highest BCUT2D eigenvalue weighted by Gasteiger charge is 2.67. The lowest BCUT2D eigenvalue weighted by Gasteiger charge is -2.35. The predicted octanol–water partition coefficient (Wildman–Crippen LogP) is 5.45. The summed E-state index contributed by atoms with van der Waals surface area (Å²) in [6.45, 7) is 5.64. The molecule has 2 aromatic carbocycles. The molecule has 3 fully saturated rings. The fourth-order valence-electron chi connectivity index (χ4n) is 7.65. The second-order valence-electron chi connectivity index (χ2n) is 16.4. The first-order valence-corrected chi connectivity index (χ1v) is 21.5. The van der Waals surface area contributed by atoms with Crippen molar-refractivity contribution in [2.24, 2.45) is 11.3 Å². The van der Waals surface area contributed by atoms with Gasteiger partial charge in [0, 0.05) is 29.5 Å². The molecule has 4 heterocycles. The minimum absolute atomic E-state index is 0.0155. The van der Waals surface area contributed by atoms with E-state index in [0.29, 0.717) is 35.8 Å². The first kappa shape index (κ1) is 38.8. The Morgan fingerprint density at radius 2 is 1.75 bits per heavy atom. The number of hydrogen-bond donors (Lipinski definition) is 3. The van der Waals surface area contributed by atoms with Crippen LogP contribution in [-0.2, 0) is 30.8 Å². The van der Waals surface area contributed by atoms with E-state index in [2.05, 4.69) is 22.8 Å². The summed E-state index contributed by atoms with van der Waals surface area (Å²) in [5.41, 5.74) is 1.76. The van der Waals surface area contributed by atoms with Crippen molar-refractivity contribution in [3.63, 3.8) is 0 Å². The molecule has 13 nitrogen and oxygen atoms in total. The number of anilines is 1. The van der Waals surface area contributed by atoms with E-state index in [-0.39, 0.29) is 13.0 Å². The van der Waals surface area contributed by atoms with E-state index >= 15 is 0 Å². The summed E-state index contributed by atoms with van der Waals surface area (Å²) in [5, 5.41) is 17.5. The molecule has 0 spiro atoms. The molecular weight excluding hydrogens is 775 g/mol. The third-order valence-corrected chi connectivity index (χ3v) is 13.7. The number of thiazole rings is 1. The van der Waals surface area contributed by atoms with Gasteiger partial charge in [0.15, 0.2) is 5.13 Å². The quantitative estimate of drug-likeness (QED) is 0.220. The van der Waals surface area contributed by atoms with E-state index < -0.39 is 80.8 Å². The number of aromatic nitrogens is 4. The number of amides is 3. The van der Waals surface area contributed by atoms with Crippen LogP contribution in [0.3, 0.4) is 0 Å². The molecule has 2 aliphatic carbocycles. The third-order valence-electron chi connectivity index (χ3n) is 11.1. The van der Waals surface area contributed by atoms with Crippen molar-refractivity contribution >= 4 is 50.3 Å².